The number of thiazole rings is 1. The zero-order valence-electron chi connectivity index (χ0n) is 15.5. The van der Waals surface area contributed by atoms with Crippen molar-refractivity contribution >= 4 is 37.3 Å². The van der Waals surface area contributed by atoms with Crippen molar-refractivity contribution < 1.29 is 13.2 Å². The lowest BCUT2D eigenvalue weighted by Crippen LogP contribution is -2.14. The van der Waals surface area contributed by atoms with Gasteiger partial charge in [0.2, 0.25) is 0 Å². The van der Waals surface area contributed by atoms with Crippen LogP contribution < -0.4 is 14.3 Å². The molecule has 0 aliphatic carbocycles. The van der Waals surface area contributed by atoms with E-state index in [0.717, 1.165) is 16.9 Å². The van der Waals surface area contributed by atoms with Crippen LogP contribution in [0.5, 0.6) is 5.75 Å². The molecule has 0 aliphatic rings. The molecule has 8 heteroatoms. The lowest BCUT2D eigenvalue weighted by Gasteiger charge is -2.10. The average Bonchev–Trinajstić information content (AvgIpc) is 3.03. The minimum atomic E-state index is -3.80. The van der Waals surface area contributed by atoms with Gasteiger partial charge in [-0.15, -0.1) is 0 Å². The van der Waals surface area contributed by atoms with Gasteiger partial charge in [-0.1, -0.05) is 47.7 Å². The zero-order valence-corrected chi connectivity index (χ0v) is 17.2. The quantitative estimate of drug-likeness (QED) is 0.507. The highest BCUT2D eigenvalue weighted by Crippen LogP contribution is 2.25. The Labute approximate surface area is 172 Å². The second-order valence-electron chi connectivity index (χ2n) is 6.41. The molecule has 1 heterocycles. The van der Waals surface area contributed by atoms with E-state index in [4.69, 9.17) is 4.74 Å². The van der Waals surface area contributed by atoms with E-state index in [9.17, 15) is 13.2 Å². The molecule has 4 rings (SSSR count). The first-order valence-electron chi connectivity index (χ1n) is 8.80. The van der Waals surface area contributed by atoms with Crippen LogP contribution in [0.25, 0.3) is 10.2 Å². The SMILES string of the molecule is COc1cccc(NS(=O)(=O)c2ccc3c(c2)sc(=O)n3Cc2ccccc2)c1. The van der Waals surface area contributed by atoms with Crippen LogP contribution in [-0.4, -0.2) is 20.1 Å². The summed E-state index contributed by atoms with van der Waals surface area (Å²) in [6.45, 7) is 0.438. The number of ether oxygens (including phenoxy) is 1. The highest BCUT2D eigenvalue weighted by atomic mass is 32.2. The summed E-state index contributed by atoms with van der Waals surface area (Å²) in [4.78, 5) is 12.4. The molecule has 0 bridgehead atoms. The second kappa shape index (κ2) is 7.73. The third kappa shape index (κ3) is 4.03. The number of sulfonamides is 1. The Morgan fingerprint density at radius 3 is 2.55 bits per heavy atom. The summed E-state index contributed by atoms with van der Waals surface area (Å²) < 4.78 is 35.5. The Kier molecular flexibility index (Phi) is 5.12. The second-order valence-corrected chi connectivity index (χ2v) is 9.08. The maximum atomic E-state index is 12.8. The maximum absolute atomic E-state index is 12.8. The molecule has 0 saturated carbocycles. The lowest BCUT2D eigenvalue weighted by molar-refractivity contribution is 0.415. The van der Waals surface area contributed by atoms with Gasteiger partial charge in [0.15, 0.2) is 0 Å². The highest BCUT2D eigenvalue weighted by Gasteiger charge is 2.17. The molecule has 0 atom stereocenters. The van der Waals surface area contributed by atoms with Crippen molar-refractivity contribution in [1.29, 1.82) is 0 Å². The number of aromatic nitrogens is 1. The zero-order chi connectivity index (χ0) is 20.4. The van der Waals surface area contributed by atoms with Gasteiger partial charge in [0.1, 0.15) is 5.75 Å². The van der Waals surface area contributed by atoms with E-state index in [1.807, 2.05) is 30.3 Å². The van der Waals surface area contributed by atoms with Crippen molar-refractivity contribution in [2.45, 2.75) is 11.4 Å². The molecule has 1 aromatic heterocycles. The van der Waals surface area contributed by atoms with Gasteiger partial charge in [-0.2, -0.15) is 0 Å². The van der Waals surface area contributed by atoms with Gasteiger partial charge in [0.05, 0.1) is 34.5 Å². The summed E-state index contributed by atoms with van der Waals surface area (Å²) in [6.07, 6.45) is 0. The van der Waals surface area contributed by atoms with Gasteiger partial charge >= 0.3 is 4.87 Å². The molecule has 29 heavy (non-hydrogen) atoms. The number of fused-ring (bicyclic) bond motifs is 1. The molecule has 3 aromatic carbocycles. The number of hydrogen-bond donors (Lipinski definition) is 1. The molecule has 0 radical (unpaired) electrons. The number of anilines is 1. The third-order valence-electron chi connectivity index (χ3n) is 4.46. The van der Waals surface area contributed by atoms with Crippen LogP contribution in [0.4, 0.5) is 5.69 Å². The fourth-order valence-electron chi connectivity index (χ4n) is 3.03. The number of nitrogens with one attached hydrogen (secondary N) is 1. The molecule has 0 amide bonds. The van der Waals surface area contributed by atoms with Crippen LogP contribution in [0.1, 0.15) is 5.56 Å². The molecule has 0 saturated heterocycles. The number of benzene rings is 3. The number of hydrogen-bond acceptors (Lipinski definition) is 5. The van der Waals surface area contributed by atoms with E-state index in [1.165, 1.54) is 19.2 Å². The van der Waals surface area contributed by atoms with Crippen LogP contribution in [0.2, 0.25) is 0 Å². The molecule has 6 nitrogen and oxygen atoms in total. The van der Waals surface area contributed by atoms with Crippen molar-refractivity contribution in [3.8, 4) is 5.75 Å². The van der Waals surface area contributed by atoms with Crippen molar-refractivity contribution in [1.82, 2.24) is 4.57 Å². The lowest BCUT2D eigenvalue weighted by atomic mass is 10.2. The van der Waals surface area contributed by atoms with E-state index in [-0.39, 0.29) is 9.77 Å². The fraction of sp³-hybridized carbons (Fsp3) is 0.0952. The van der Waals surface area contributed by atoms with Gasteiger partial charge in [0.25, 0.3) is 10.0 Å². The van der Waals surface area contributed by atoms with Gasteiger partial charge in [-0.25, -0.2) is 8.42 Å². The summed E-state index contributed by atoms with van der Waals surface area (Å²) in [5, 5.41) is 0. The monoisotopic (exact) mass is 426 g/mol. The van der Waals surface area contributed by atoms with Crippen LogP contribution in [0.3, 0.4) is 0 Å². The third-order valence-corrected chi connectivity index (χ3v) is 6.78. The first-order valence-corrected chi connectivity index (χ1v) is 11.1. The number of nitrogens with zero attached hydrogens (tertiary/aromatic N) is 1. The topological polar surface area (TPSA) is 77.4 Å². The van der Waals surface area contributed by atoms with Crippen molar-refractivity contribution in [3.05, 3.63) is 88.0 Å². The normalized spacial score (nSPS) is 11.5. The molecular formula is C21H18N2O4S2. The molecular weight excluding hydrogens is 408 g/mol. The Morgan fingerprint density at radius 1 is 1.00 bits per heavy atom. The van der Waals surface area contributed by atoms with Crippen molar-refractivity contribution in [2.24, 2.45) is 0 Å². The summed E-state index contributed by atoms with van der Waals surface area (Å²) in [6, 6.07) is 21.1. The van der Waals surface area contributed by atoms with Gasteiger partial charge in [-0.05, 0) is 35.9 Å². The Balaban J connectivity index is 1.67. The molecule has 4 aromatic rings. The van der Waals surface area contributed by atoms with Gasteiger partial charge in [0, 0.05) is 6.07 Å². The molecule has 148 valence electrons. The molecule has 1 N–H and O–H groups in total. The van der Waals surface area contributed by atoms with Gasteiger partial charge < -0.3 is 4.74 Å². The predicted octanol–water partition coefficient (Wildman–Crippen LogP) is 3.92. The Bertz CT molecular complexity index is 1330. The largest absolute Gasteiger partial charge is 0.497 e. The molecule has 0 unspecified atom stereocenters. The number of methoxy groups -OCH3 is 1. The van der Waals surface area contributed by atoms with E-state index in [1.54, 1.807) is 34.9 Å². The first kappa shape index (κ1) is 19.2. The summed E-state index contributed by atoms with van der Waals surface area (Å²) in [7, 11) is -2.29. The number of rotatable bonds is 6. The minimum Gasteiger partial charge on any atom is -0.497 e. The van der Waals surface area contributed by atoms with E-state index < -0.39 is 10.0 Å². The molecule has 0 aliphatic heterocycles. The van der Waals surface area contributed by atoms with Crippen molar-refractivity contribution in [2.75, 3.05) is 11.8 Å². The average molecular weight is 427 g/mol. The van der Waals surface area contributed by atoms with E-state index >= 15 is 0 Å². The summed E-state index contributed by atoms with van der Waals surface area (Å²) in [5.74, 6) is 0.553. The van der Waals surface area contributed by atoms with E-state index in [2.05, 4.69) is 4.72 Å². The fourth-order valence-corrected chi connectivity index (χ4v) is 5.11. The van der Waals surface area contributed by atoms with E-state index in [0.29, 0.717) is 28.2 Å². The standard InChI is InChI=1S/C21H18N2O4S2/c1-27-17-9-5-8-16(12-17)22-29(25,26)18-10-11-19-20(13-18)28-21(24)23(19)14-15-6-3-2-4-7-15/h2-13,22H,14H2,1H3. The first-order chi connectivity index (χ1) is 14.0. The minimum absolute atomic E-state index is 0.0981. The Hall–Kier alpha value is -3.10. The highest BCUT2D eigenvalue weighted by molar-refractivity contribution is 7.92. The Morgan fingerprint density at radius 2 is 1.79 bits per heavy atom. The van der Waals surface area contributed by atoms with Crippen LogP contribution in [0.15, 0.2) is 82.5 Å². The van der Waals surface area contributed by atoms with Crippen molar-refractivity contribution in [3.63, 3.8) is 0 Å². The maximum Gasteiger partial charge on any atom is 0.308 e. The molecule has 0 spiro atoms. The van der Waals surface area contributed by atoms with Crippen LogP contribution in [0, 0.1) is 0 Å². The molecule has 0 fully saturated rings. The van der Waals surface area contributed by atoms with Gasteiger partial charge in [-0.3, -0.25) is 14.1 Å². The van der Waals surface area contributed by atoms with Crippen LogP contribution in [-0.2, 0) is 16.6 Å². The smallest absolute Gasteiger partial charge is 0.308 e. The van der Waals surface area contributed by atoms with Crippen LogP contribution >= 0.6 is 11.3 Å². The summed E-state index contributed by atoms with van der Waals surface area (Å²) >= 11 is 1.04. The predicted molar refractivity (Wildman–Crippen MR) is 115 cm³/mol. The summed E-state index contributed by atoms with van der Waals surface area (Å²) in [5.41, 5.74) is 2.12.